The molecule has 68 heavy (non-hydrogen) atoms. The number of pyridine rings is 1. The molecule has 0 aliphatic rings. The summed E-state index contributed by atoms with van der Waals surface area (Å²) in [4.78, 5) is 10.9. The molecule has 0 amide bonds. The van der Waals surface area contributed by atoms with Gasteiger partial charge in [0, 0.05) is 50.7 Å². The first-order valence-corrected chi connectivity index (χ1v) is 23.6. The topological polar surface area (TPSA) is 64.1 Å². The van der Waals surface area contributed by atoms with Gasteiger partial charge in [0.05, 0.1) is 28.0 Å². The predicted molar refractivity (Wildman–Crippen MR) is 283 cm³/mol. The zero-order chi connectivity index (χ0) is 47.1. The molecule has 3 aromatic heterocycles. The van der Waals surface area contributed by atoms with Crippen LogP contribution in [0.4, 0.5) is 0 Å². The monoisotopic (exact) mass is 885 g/mol. The Balaban J connectivity index is 1.19. The molecule has 8 aromatic carbocycles. The second kappa shape index (κ2) is 16.0. The molecule has 1 N–H and O–H groups in total. The van der Waals surface area contributed by atoms with Crippen LogP contribution in [0.15, 0.2) is 187 Å². The molecule has 0 aliphatic heterocycles. The Labute approximate surface area is 398 Å². The summed E-state index contributed by atoms with van der Waals surface area (Å²) in [5.74, 6) is 0.921. The Morgan fingerprint density at radius 3 is 1.96 bits per heavy atom. The Bertz CT molecular complexity index is 3730. The van der Waals surface area contributed by atoms with E-state index in [4.69, 9.17) is 14.4 Å². The molecule has 0 aliphatic carbocycles. The molecule has 0 spiro atoms. The molecule has 0 radical (unpaired) electrons. The Hall–Kier alpha value is -7.76. The summed E-state index contributed by atoms with van der Waals surface area (Å²) >= 11 is 0. The standard InChI is InChI=1S/C63H55N3O2/c1-61(2,3)44-35-49(59(67)51(36-44)62(4,5)6)60-65-58-48(27-19-29-54(58)66(60)53-28-18-17-25-46(53)39-20-11-9-12-21-39)41-32-42(34-45(33-41)63(7,8)43-23-13-10-14-24-43)52-37-56-50(38-64-52)57-47-26-16-15-22-40(47)30-31-55(57)68-56/h9-38,67H,1-8H3. The summed E-state index contributed by atoms with van der Waals surface area (Å²) in [6.45, 7) is 17.7. The zero-order valence-corrected chi connectivity index (χ0v) is 40.0. The minimum atomic E-state index is -0.371. The third-order valence-electron chi connectivity index (χ3n) is 13.9. The maximum Gasteiger partial charge on any atom is 0.149 e. The lowest BCUT2D eigenvalue weighted by Crippen LogP contribution is -2.19. The SMILES string of the molecule is CC(C)(C)c1cc(-c2nc3c(-c4cc(-c5cc6oc7ccc8ccccc8c7c6cn5)cc(C(C)(C)c5ccccc5)c4)cccc3n2-c2ccccc2-c2ccccc2)c(O)c(C(C)(C)C)c1. The van der Waals surface area contributed by atoms with E-state index in [0.717, 1.165) is 94.2 Å². The fourth-order valence-electron chi connectivity index (χ4n) is 10.0. The van der Waals surface area contributed by atoms with Crippen molar-refractivity contribution >= 4 is 43.7 Å². The highest BCUT2D eigenvalue weighted by Crippen LogP contribution is 2.46. The van der Waals surface area contributed by atoms with E-state index in [-0.39, 0.29) is 22.0 Å². The Morgan fingerprint density at radius 2 is 1.19 bits per heavy atom. The van der Waals surface area contributed by atoms with Gasteiger partial charge in [0.2, 0.25) is 0 Å². The second-order valence-corrected chi connectivity index (χ2v) is 20.9. The lowest BCUT2D eigenvalue weighted by atomic mass is 9.76. The van der Waals surface area contributed by atoms with Crippen molar-refractivity contribution in [2.24, 2.45) is 0 Å². The quantitative estimate of drug-likeness (QED) is 0.173. The third-order valence-corrected chi connectivity index (χ3v) is 13.9. The van der Waals surface area contributed by atoms with Gasteiger partial charge < -0.3 is 9.52 Å². The molecule has 0 atom stereocenters. The fourth-order valence-corrected chi connectivity index (χ4v) is 10.0. The molecular formula is C63H55N3O2. The van der Waals surface area contributed by atoms with Gasteiger partial charge in [-0.15, -0.1) is 0 Å². The molecule has 0 fully saturated rings. The van der Waals surface area contributed by atoms with E-state index in [2.05, 4.69) is 230 Å². The number of aromatic nitrogens is 3. The number of rotatable bonds is 7. The smallest absolute Gasteiger partial charge is 0.149 e. The van der Waals surface area contributed by atoms with Crippen LogP contribution in [0.3, 0.4) is 0 Å². The van der Waals surface area contributed by atoms with Crippen LogP contribution < -0.4 is 0 Å². The Morgan fingerprint density at radius 1 is 0.500 bits per heavy atom. The first-order chi connectivity index (χ1) is 32.6. The number of hydrogen-bond acceptors (Lipinski definition) is 4. The summed E-state index contributed by atoms with van der Waals surface area (Å²) in [6, 6.07) is 62.1. The number of furan rings is 1. The first kappa shape index (κ1) is 42.8. The number of fused-ring (bicyclic) bond motifs is 6. The van der Waals surface area contributed by atoms with Gasteiger partial charge in [-0.1, -0.05) is 189 Å². The summed E-state index contributed by atoms with van der Waals surface area (Å²) < 4.78 is 8.86. The van der Waals surface area contributed by atoms with Crippen molar-refractivity contribution in [1.29, 1.82) is 0 Å². The van der Waals surface area contributed by atoms with Gasteiger partial charge in [-0.3, -0.25) is 9.55 Å². The number of phenols is 1. The molecule has 11 rings (SSSR count). The highest BCUT2D eigenvalue weighted by atomic mass is 16.3. The van der Waals surface area contributed by atoms with E-state index >= 15 is 0 Å². The third kappa shape index (κ3) is 7.25. The molecule has 0 unspecified atom stereocenters. The van der Waals surface area contributed by atoms with Crippen molar-refractivity contribution in [1.82, 2.24) is 14.5 Å². The second-order valence-electron chi connectivity index (χ2n) is 20.9. The summed E-state index contributed by atoms with van der Waals surface area (Å²) in [6.07, 6.45) is 1.97. The largest absolute Gasteiger partial charge is 0.507 e. The van der Waals surface area contributed by atoms with E-state index in [9.17, 15) is 5.11 Å². The molecule has 0 saturated heterocycles. The number of para-hydroxylation sites is 2. The first-order valence-electron chi connectivity index (χ1n) is 23.6. The molecule has 11 aromatic rings. The minimum absolute atomic E-state index is 0.192. The van der Waals surface area contributed by atoms with Gasteiger partial charge in [-0.05, 0) is 85.8 Å². The highest BCUT2D eigenvalue weighted by molar-refractivity contribution is 6.18. The average molecular weight is 886 g/mol. The fraction of sp³-hybridized carbons (Fsp3) is 0.175. The molecule has 5 heteroatoms. The predicted octanol–water partition coefficient (Wildman–Crippen LogP) is 16.8. The maximum atomic E-state index is 12.5. The number of nitrogens with zero attached hydrogens (tertiary/aromatic N) is 3. The molecule has 0 bridgehead atoms. The van der Waals surface area contributed by atoms with E-state index in [1.54, 1.807) is 0 Å². The number of hydrogen-bond donors (Lipinski definition) is 1. The summed E-state index contributed by atoms with van der Waals surface area (Å²) in [5, 5.41) is 16.9. The average Bonchev–Trinajstić information content (AvgIpc) is 3.92. The van der Waals surface area contributed by atoms with Gasteiger partial charge in [0.15, 0.2) is 0 Å². The van der Waals surface area contributed by atoms with E-state index in [1.165, 1.54) is 10.9 Å². The van der Waals surface area contributed by atoms with Crippen molar-refractivity contribution in [3.63, 3.8) is 0 Å². The van der Waals surface area contributed by atoms with Crippen LogP contribution >= 0.6 is 0 Å². The van der Waals surface area contributed by atoms with Crippen LogP contribution in [-0.4, -0.2) is 19.6 Å². The van der Waals surface area contributed by atoms with Gasteiger partial charge in [0.25, 0.3) is 0 Å². The van der Waals surface area contributed by atoms with Crippen molar-refractivity contribution < 1.29 is 9.52 Å². The van der Waals surface area contributed by atoms with Gasteiger partial charge in [-0.2, -0.15) is 0 Å². The lowest BCUT2D eigenvalue weighted by Gasteiger charge is -2.27. The van der Waals surface area contributed by atoms with E-state index < -0.39 is 0 Å². The highest BCUT2D eigenvalue weighted by Gasteiger charge is 2.30. The Kier molecular flexibility index (Phi) is 10.1. The summed E-state index contributed by atoms with van der Waals surface area (Å²) in [7, 11) is 0. The zero-order valence-electron chi connectivity index (χ0n) is 40.0. The number of benzene rings is 8. The van der Waals surface area contributed by atoms with Gasteiger partial charge in [-0.25, -0.2) is 4.98 Å². The molecule has 0 saturated carbocycles. The van der Waals surface area contributed by atoms with Gasteiger partial charge >= 0.3 is 0 Å². The van der Waals surface area contributed by atoms with E-state index in [1.807, 2.05) is 12.3 Å². The molecule has 3 heterocycles. The van der Waals surface area contributed by atoms with Crippen molar-refractivity contribution in [2.45, 2.75) is 71.6 Å². The number of phenolic OH excluding ortho intramolecular Hbond substituents is 1. The van der Waals surface area contributed by atoms with Crippen LogP contribution in [0.25, 0.3) is 94.3 Å². The van der Waals surface area contributed by atoms with Crippen LogP contribution in [0.1, 0.15) is 77.6 Å². The van der Waals surface area contributed by atoms with Crippen molar-refractivity contribution in [2.75, 3.05) is 0 Å². The van der Waals surface area contributed by atoms with Crippen LogP contribution in [0.2, 0.25) is 0 Å². The summed E-state index contributed by atoms with van der Waals surface area (Å²) in [5.41, 5.74) is 14.5. The van der Waals surface area contributed by atoms with Crippen molar-refractivity contribution in [3.05, 3.63) is 204 Å². The van der Waals surface area contributed by atoms with Crippen LogP contribution in [-0.2, 0) is 16.2 Å². The van der Waals surface area contributed by atoms with Crippen LogP contribution in [0, 0.1) is 0 Å². The lowest BCUT2D eigenvalue weighted by molar-refractivity contribution is 0.446. The normalized spacial score (nSPS) is 12.5. The van der Waals surface area contributed by atoms with Gasteiger partial charge in [0.1, 0.15) is 22.7 Å². The minimum Gasteiger partial charge on any atom is -0.507 e. The van der Waals surface area contributed by atoms with Crippen LogP contribution in [0.5, 0.6) is 5.75 Å². The molecule has 334 valence electrons. The number of imidazole rings is 1. The van der Waals surface area contributed by atoms with Crippen molar-refractivity contribution in [3.8, 4) is 56.3 Å². The molecular weight excluding hydrogens is 831 g/mol. The van der Waals surface area contributed by atoms with E-state index in [0.29, 0.717) is 11.4 Å². The molecule has 5 nitrogen and oxygen atoms in total. The number of aromatic hydroxyl groups is 1. The maximum absolute atomic E-state index is 12.5.